The number of rotatable bonds is 3. The van der Waals surface area contributed by atoms with Gasteiger partial charge in [0.15, 0.2) is 0 Å². The van der Waals surface area contributed by atoms with Crippen LogP contribution < -0.4 is 62.2 Å². The maximum atomic E-state index is 13.4. The molecule has 0 radical (unpaired) electrons. The van der Waals surface area contributed by atoms with Crippen molar-refractivity contribution >= 4 is 12.4 Å². The predicted molar refractivity (Wildman–Crippen MR) is 80.7 cm³/mol. The van der Waals surface area contributed by atoms with Gasteiger partial charge in [-0.2, -0.15) is 0 Å². The minimum atomic E-state index is -5.06. The molecule has 2 rings (SSSR count). The van der Waals surface area contributed by atoms with Gasteiger partial charge in [0, 0.05) is 38.3 Å². The van der Waals surface area contributed by atoms with Gasteiger partial charge in [0.1, 0.15) is 0 Å². The van der Waals surface area contributed by atoms with Gasteiger partial charge >= 0.3 is 58.4 Å². The molecule has 0 unspecified atom stereocenters. The van der Waals surface area contributed by atoms with Gasteiger partial charge in [-0.05, 0) is 25.5 Å². The molecule has 0 aromatic heterocycles. The smallest absolute Gasteiger partial charge is 0.445 e. The van der Waals surface area contributed by atoms with Gasteiger partial charge in [-0.1, -0.05) is 17.0 Å². The Kier molecular flexibility index (Phi) is 7.67. The van der Waals surface area contributed by atoms with Gasteiger partial charge in [-0.15, -0.1) is 11.9 Å². The molecular weight excluding hydrogens is 315 g/mol. The molecule has 1 heterocycles. The normalized spacial score (nSPS) is 16.0. The van der Waals surface area contributed by atoms with Crippen LogP contribution >= 0.6 is 0 Å². The van der Waals surface area contributed by atoms with Crippen molar-refractivity contribution in [2.24, 2.45) is 0 Å². The van der Waals surface area contributed by atoms with E-state index in [2.05, 4.69) is 16.1 Å². The topological polar surface area (TPSA) is 15.3 Å². The summed E-state index contributed by atoms with van der Waals surface area (Å²) in [6.07, 6.45) is 5.38. The van der Waals surface area contributed by atoms with Gasteiger partial charge in [-0.25, -0.2) is 0 Å². The molecular formula is C15H19BF3KN2. The number of benzene rings is 1. The van der Waals surface area contributed by atoms with E-state index in [0.29, 0.717) is 23.2 Å². The number of nitrogens with one attached hydrogen (secondary N) is 1. The Morgan fingerprint density at radius 1 is 1.23 bits per heavy atom. The molecule has 0 amide bonds. The molecule has 1 fully saturated rings. The fraction of sp³-hybridized carbons (Fsp3) is 0.467. The number of piperazine rings is 1. The van der Waals surface area contributed by atoms with E-state index < -0.39 is 12.4 Å². The second-order valence-corrected chi connectivity index (χ2v) is 5.49. The SMILES string of the molecule is C#Cc1cc(CN2CCNCC2)c(C)c([B-](F)(F)F)c1C.[K+]. The van der Waals surface area contributed by atoms with Gasteiger partial charge in [-0.3, -0.25) is 4.90 Å². The zero-order valence-electron chi connectivity index (χ0n) is 13.3. The van der Waals surface area contributed by atoms with Crippen LogP contribution in [0, 0.1) is 26.2 Å². The number of nitrogens with zero attached hydrogens (tertiary/aromatic N) is 1. The fourth-order valence-corrected chi connectivity index (χ4v) is 2.91. The van der Waals surface area contributed by atoms with Crippen molar-refractivity contribution in [3.63, 3.8) is 0 Å². The molecule has 1 aromatic carbocycles. The summed E-state index contributed by atoms with van der Waals surface area (Å²) >= 11 is 0. The fourth-order valence-electron chi connectivity index (χ4n) is 2.91. The van der Waals surface area contributed by atoms with E-state index in [0.717, 1.165) is 26.2 Å². The van der Waals surface area contributed by atoms with Crippen molar-refractivity contribution in [2.75, 3.05) is 26.2 Å². The summed E-state index contributed by atoms with van der Waals surface area (Å²) in [6.45, 7) is 1.87. The third-order valence-electron chi connectivity index (χ3n) is 4.10. The van der Waals surface area contributed by atoms with Crippen molar-refractivity contribution < 1.29 is 64.3 Å². The molecule has 0 spiro atoms. The van der Waals surface area contributed by atoms with Crippen LogP contribution in [-0.2, 0) is 6.54 Å². The molecule has 114 valence electrons. The number of terminal acetylenes is 1. The van der Waals surface area contributed by atoms with Crippen molar-refractivity contribution in [3.8, 4) is 12.3 Å². The summed E-state index contributed by atoms with van der Waals surface area (Å²) in [5, 5.41) is 3.23. The minimum absolute atomic E-state index is 0. The average Bonchev–Trinajstić information content (AvgIpc) is 2.41. The Balaban J connectivity index is 0.00000242. The van der Waals surface area contributed by atoms with Crippen LogP contribution in [0.25, 0.3) is 0 Å². The van der Waals surface area contributed by atoms with Crippen molar-refractivity contribution in [1.29, 1.82) is 0 Å². The van der Waals surface area contributed by atoms with Gasteiger partial charge in [0.25, 0.3) is 0 Å². The molecule has 1 saturated heterocycles. The molecule has 0 saturated carbocycles. The molecule has 0 atom stereocenters. The Bertz CT molecular complexity index is 576. The molecule has 1 aliphatic rings. The number of halogens is 3. The first-order chi connectivity index (χ1) is 9.84. The van der Waals surface area contributed by atoms with Crippen LogP contribution in [0.2, 0.25) is 0 Å². The summed E-state index contributed by atoms with van der Waals surface area (Å²) in [7, 11) is 0. The Hall–Kier alpha value is 0.191. The molecule has 0 aliphatic carbocycles. The summed E-state index contributed by atoms with van der Waals surface area (Å²) < 4.78 is 40.1. The zero-order valence-corrected chi connectivity index (χ0v) is 16.5. The van der Waals surface area contributed by atoms with E-state index in [-0.39, 0.29) is 56.9 Å². The third-order valence-corrected chi connectivity index (χ3v) is 4.10. The molecule has 2 nitrogen and oxygen atoms in total. The first kappa shape index (κ1) is 20.2. The monoisotopic (exact) mass is 334 g/mol. The third kappa shape index (κ3) is 4.60. The molecule has 0 bridgehead atoms. The minimum Gasteiger partial charge on any atom is -0.445 e. The van der Waals surface area contributed by atoms with Gasteiger partial charge < -0.3 is 18.3 Å². The summed E-state index contributed by atoms with van der Waals surface area (Å²) in [5.74, 6) is 2.39. The van der Waals surface area contributed by atoms with Crippen LogP contribution in [0.1, 0.15) is 22.3 Å². The maximum Gasteiger partial charge on any atom is 1.00 e. The summed E-state index contributed by atoms with van der Waals surface area (Å²) in [5.41, 5.74) is 1.00. The van der Waals surface area contributed by atoms with Gasteiger partial charge in [0.05, 0.1) is 0 Å². The quantitative estimate of drug-likeness (QED) is 0.549. The van der Waals surface area contributed by atoms with Crippen LogP contribution in [-0.4, -0.2) is 38.1 Å². The first-order valence-corrected chi connectivity index (χ1v) is 7.07. The van der Waals surface area contributed by atoms with Gasteiger partial charge in [0.2, 0.25) is 0 Å². The Morgan fingerprint density at radius 3 is 2.32 bits per heavy atom. The standard InChI is InChI=1S/C15H19BF3N2.K/c1-4-13-9-14(10-21-7-5-20-6-8-21)12(3)15(11(13)2)16(17,18)19;/h1,9,20H,5-8,10H2,2-3H3;/q-1;+1. The number of hydrogen-bond donors (Lipinski definition) is 1. The molecule has 1 N–H and O–H groups in total. The number of hydrogen-bond acceptors (Lipinski definition) is 2. The van der Waals surface area contributed by atoms with Crippen molar-refractivity contribution in [3.05, 3.63) is 28.3 Å². The van der Waals surface area contributed by atoms with Crippen LogP contribution in [0.3, 0.4) is 0 Å². The van der Waals surface area contributed by atoms with E-state index in [1.54, 1.807) is 13.0 Å². The van der Waals surface area contributed by atoms with E-state index in [1.807, 2.05) is 0 Å². The second kappa shape index (κ2) is 8.34. The second-order valence-electron chi connectivity index (χ2n) is 5.49. The van der Waals surface area contributed by atoms with E-state index in [9.17, 15) is 12.9 Å². The Labute approximate surface area is 172 Å². The van der Waals surface area contributed by atoms with E-state index >= 15 is 0 Å². The predicted octanol–water partition coefficient (Wildman–Crippen LogP) is -1.25. The molecule has 22 heavy (non-hydrogen) atoms. The average molecular weight is 334 g/mol. The summed E-state index contributed by atoms with van der Waals surface area (Å²) in [4.78, 5) is 2.15. The van der Waals surface area contributed by atoms with Crippen LogP contribution in [0.4, 0.5) is 12.9 Å². The Morgan fingerprint density at radius 2 is 1.82 bits per heavy atom. The molecule has 1 aromatic rings. The largest absolute Gasteiger partial charge is 1.00 e. The zero-order chi connectivity index (χ0) is 15.6. The van der Waals surface area contributed by atoms with E-state index in [4.69, 9.17) is 6.42 Å². The van der Waals surface area contributed by atoms with Crippen molar-refractivity contribution in [1.82, 2.24) is 10.2 Å². The molecule has 1 aliphatic heterocycles. The van der Waals surface area contributed by atoms with Crippen LogP contribution in [0.5, 0.6) is 0 Å². The van der Waals surface area contributed by atoms with Crippen molar-refractivity contribution in [2.45, 2.75) is 20.4 Å². The maximum absolute atomic E-state index is 13.4. The molecule has 7 heteroatoms. The van der Waals surface area contributed by atoms with E-state index in [1.165, 1.54) is 6.92 Å². The summed E-state index contributed by atoms with van der Waals surface area (Å²) in [6, 6.07) is 1.73. The van der Waals surface area contributed by atoms with Crippen LogP contribution in [0.15, 0.2) is 6.07 Å². The first-order valence-electron chi connectivity index (χ1n) is 7.07.